The molecule has 1 aliphatic rings. The number of cyclic esters (lactones) is 1. The first kappa shape index (κ1) is 27.3. The standard InChI is InChI=1S/C19H32O3.C7H9NS/c1-15-10-8-6-5-7-9-13-22-17(20)11-12-19(3,4)18(21)16(2)14-15;1-3-4-7-5-9-6(2)8-7/h5,7,15-16H,6,8-14H2,1-4H3;3-5H,1-2H3/b7-5-;4-3-/t15-,16+;/m0./s1. The van der Waals surface area contributed by atoms with Gasteiger partial charge in [0.1, 0.15) is 5.78 Å². The van der Waals surface area contributed by atoms with E-state index in [0.29, 0.717) is 25.4 Å². The number of esters is 1. The molecule has 174 valence electrons. The number of allylic oxidation sites excluding steroid dienone is 2. The van der Waals surface area contributed by atoms with E-state index in [-0.39, 0.29) is 17.7 Å². The van der Waals surface area contributed by atoms with Gasteiger partial charge in [0.2, 0.25) is 0 Å². The zero-order valence-corrected chi connectivity index (χ0v) is 21.1. The summed E-state index contributed by atoms with van der Waals surface area (Å²) in [6.45, 7) is 12.6. The van der Waals surface area contributed by atoms with Gasteiger partial charge < -0.3 is 4.74 Å². The highest BCUT2D eigenvalue weighted by Gasteiger charge is 2.32. The van der Waals surface area contributed by atoms with Gasteiger partial charge in [-0.3, -0.25) is 9.59 Å². The SMILES string of the molecule is C/C=C\c1csc(C)n1.C[C@H]1CCC/C=C\CCOC(=O)CCC(C)(C)C(=O)[C@H](C)C1. The number of rotatable bonds is 1. The lowest BCUT2D eigenvalue weighted by Gasteiger charge is -2.27. The van der Waals surface area contributed by atoms with Crippen LogP contribution >= 0.6 is 11.3 Å². The summed E-state index contributed by atoms with van der Waals surface area (Å²) in [5, 5.41) is 3.18. The van der Waals surface area contributed by atoms with Crippen molar-refractivity contribution < 1.29 is 14.3 Å². The number of carbonyl (C=O) groups excluding carboxylic acids is 2. The van der Waals surface area contributed by atoms with Crippen LogP contribution in [-0.2, 0) is 14.3 Å². The predicted octanol–water partition coefficient (Wildman–Crippen LogP) is 7.18. The average Bonchev–Trinajstić information content (AvgIpc) is 3.12. The minimum absolute atomic E-state index is 0.0597. The van der Waals surface area contributed by atoms with Crippen LogP contribution in [0.2, 0.25) is 0 Å². The Labute approximate surface area is 193 Å². The van der Waals surface area contributed by atoms with E-state index in [1.165, 1.54) is 0 Å². The van der Waals surface area contributed by atoms with E-state index < -0.39 is 5.41 Å². The molecule has 0 aliphatic carbocycles. The molecule has 0 radical (unpaired) electrons. The van der Waals surface area contributed by atoms with E-state index in [0.717, 1.165) is 42.8 Å². The zero-order valence-electron chi connectivity index (χ0n) is 20.3. The lowest BCUT2D eigenvalue weighted by molar-refractivity contribution is -0.144. The van der Waals surface area contributed by atoms with E-state index in [1.807, 2.05) is 46.8 Å². The average molecular weight is 448 g/mol. The summed E-state index contributed by atoms with van der Waals surface area (Å²) in [6.07, 6.45) is 14.3. The minimum Gasteiger partial charge on any atom is -0.465 e. The highest BCUT2D eigenvalue weighted by molar-refractivity contribution is 7.09. The van der Waals surface area contributed by atoms with Crippen molar-refractivity contribution in [2.75, 3.05) is 6.61 Å². The molecule has 2 rings (SSSR count). The van der Waals surface area contributed by atoms with Crippen LogP contribution in [0.25, 0.3) is 6.08 Å². The molecule has 0 aromatic carbocycles. The number of thiazole rings is 1. The van der Waals surface area contributed by atoms with Crippen LogP contribution in [0.1, 0.15) is 90.3 Å². The van der Waals surface area contributed by atoms with E-state index in [4.69, 9.17) is 4.74 Å². The van der Waals surface area contributed by atoms with E-state index in [1.54, 1.807) is 11.3 Å². The third-order valence-electron chi connectivity index (χ3n) is 5.58. The fourth-order valence-corrected chi connectivity index (χ4v) is 4.37. The fourth-order valence-electron chi connectivity index (χ4n) is 3.79. The summed E-state index contributed by atoms with van der Waals surface area (Å²) < 4.78 is 5.21. The molecule has 1 aromatic heterocycles. The van der Waals surface area contributed by atoms with Gasteiger partial charge in [-0.1, -0.05) is 52.3 Å². The predicted molar refractivity (Wildman–Crippen MR) is 131 cm³/mol. The van der Waals surface area contributed by atoms with Gasteiger partial charge in [-0.05, 0) is 57.9 Å². The van der Waals surface area contributed by atoms with Gasteiger partial charge in [0.15, 0.2) is 0 Å². The summed E-state index contributed by atoms with van der Waals surface area (Å²) in [5.41, 5.74) is 0.620. The highest BCUT2D eigenvalue weighted by atomic mass is 32.1. The topological polar surface area (TPSA) is 56.3 Å². The van der Waals surface area contributed by atoms with Crippen LogP contribution in [0, 0.1) is 24.2 Å². The van der Waals surface area contributed by atoms with Gasteiger partial charge in [0, 0.05) is 23.1 Å². The first-order chi connectivity index (χ1) is 14.7. The number of aromatic nitrogens is 1. The van der Waals surface area contributed by atoms with E-state index in [2.05, 4.69) is 29.4 Å². The molecule has 0 saturated carbocycles. The molecule has 31 heavy (non-hydrogen) atoms. The Morgan fingerprint density at radius 2 is 1.90 bits per heavy atom. The van der Waals surface area contributed by atoms with Gasteiger partial charge >= 0.3 is 5.97 Å². The zero-order chi connectivity index (χ0) is 23.3. The lowest BCUT2D eigenvalue weighted by atomic mass is 9.75. The fraction of sp³-hybridized carbons (Fsp3) is 0.654. The van der Waals surface area contributed by atoms with Crippen molar-refractivity contribution in [3.63, 3.8) is 0 Å². The third kappa shape index (κ3) is 11.4. The molecule has 0 fully saturated rings. The molecule has 0 bridgehead atoms. The molecule has 1 aliphatic heterocycles. The molecule has 2 atom stereocenters. The quantitative estimate of drug-likeness (QED) is 0.338. The van der Waals surface area contributed by atoms with Crippen molar-refractivity contribution in [3.05, 3.63) is 34.3 Å². The van der Waals surface area contributed by atoms with Crippen LogP contribution in [0.15, 0.2) is 23.6 Å². The highest BCUT2D eigenvalue weighted by Crippen LogP contribution is 2.31. The van der Waals surface area contributed by atoms with Crippen molar-refractivity contribution in [1.82, 2.24) is 4.98 Å². The van der Waals surface area contributed by atoms with Gasteiger partial charge in [-0.25, -0.2) is 4.98 Å². The van der Waals surface area contributed by atoms with Crippen molar-refractivity contribution >= 4 is 29.2 Å². The molecule has 1 aromatic rings. The number of ether oxygens (including phenoxy) is 1. The van der Waals surface area contributed by atoms with Crippen molar-refractivity contribution in [2.45, 2.75) is 86.5 Å². The maximum atomic E-state index is 12.6. The molecule has 0 amide bonds. The van der Waals surface area contributed by atoms with E-state index in [9.17, 15) is 9.59 Å². The molecule has 0 saturated heterocycles. The van der Waals surface area contributed by atoms with Crippen molar-refractivity contribution in [3.8, 4) is 0 Å². The molecule has 2 heterocycles. The molecule has 0 spiro atoms. The largest absolute Gasteiger partial charge is 0.465 e. The maximum Gasteiger partial charge on any atom is 0.305 e. The molecular weight excluding hydrogens is 406 g/mol. The van der Waals surface area contributed by atoms with Crippen LogP contribution in [0.5, 0.6) is 0 Å². The van der Waals surface area contributed by atoms with Crippen LogP contribution in [-0.4, -0.2) is 23.3 Å². The van der Waals surface area contributed by atoms with Gasteiger partial charge in [-0.15, -0.1) is 11.3 Å². The van der Waals surface area contributed by atoms with Gasteiger partial charge in [0.05, 0.1) is 17.3 Å². The molecule has 4 nitrogen and oxygen atoms in total. The second-order valence-electron chi connectivity index (χ2n) is 9.19. The Morgan fingerprint density at radius 1 is 1.19 bits per heavy atom. The lowest BCUT2D eigenvalue weighted by Crippen LogP contribution is -2.31. The Morgan fingerprint density at radius 3 is 2.55 bits per heavy atom. The second-order valence-corrected chi connectivity index (χ2v) is 10.3. The molecule has 5 heteroatoms. The Hall–Kier alpha value is -1.75. The first-order valence-corrected chi connectivity index (χ1v) is 12.4. The summed E-state index contributed by atoms with van der Waals surface area (Å²) >= 11 is 1.68. The van der Waals surface area contributed by atoms with Crippen molar-refractivity contribution in [2.24, 2.45) is 17.3 Å². The van der Waals surface area contributed by atoms with Gasteiger partial charge in [0.25, 0.3) is 0 Å². The Balaban J connectivity index is 0.000000442. The summed E-state index contributed by atoms with van der Waals surface area (Å²) in [6, 6.07) is 0. The summed E-state index contributed by atoms with van der Waals surface area (Å²) in [7, 11) is 0. The summed E-state index contributed by atoms with van der Waals surface area (Å²) in [4.78, 5) is 28.6. The van der Waals surface area contributed by atoms with Crippen LogP contribution in [0.4, 0.5) is 0 Å². The number of hydrogen-bond acceptors (Lipinski definition) is 5. The number of nitrogens with zero attached hydrogens (tertiary/aromatic N) is 1. The minimum atomic E-state index is -0.449. The molecular formula is C26H41NO3S. The molecule has 0 unspecified atom stereocenters. The summed E-state index contributed by atoms with van der Waals surface area (Å²) in [5.74, 6) is 0.715. The van der Waals surface area contributed by atoms with Crippen molar-refractivity contribution in [1.29, 1.82) is 0 Å². The van der Waals surface area contributed by atoms with E-state index >= 15 is 0 Å². The number of aryl methyl sites for hydroxylation is 1. The number of carbonyl (C=O) groups is 2. The molecule has 0 N–H and O–H groups in total. The normalized spacial score (nSPS) is 24.8. The number of hydrogen-bond donors (Lipinski definition) is 0. The van der Waals surface area contributed by atoms with Crippen LogP contribution < -0.4 is 0 Å². The first-order valence-electron chi connectivity index (χ1n) is 11.6. The number of Topliss-reactive ketones (excluding diaryl/α,β-unsaturated/α-hetero) is 1. The maximum absolute atomic E-state index is 12.6. The van der Waals surface area contributed by atoms with Gasteiger partial charge in [-0.2, -0.15) is 0 Å². The second kappa shape index (κ2) is 14.3. The Kier molecular flexibility index (Phi) is 12.6. The smallest absolute Gasteiger partial charge is 0.305 e. The Bertz CT molecular complexity index is 733. The monoisotopic (exact) mass is 447 g/mol. The third-order valence-corrected chi connectivity index (χ3v) is 6.37. The van der Waals surface area contributed by atoms with Crippen LogP contribution in [0.3, 0.4) is 0 Å². The number of ketones is 1.